The Balaban J connectivity index is 0.000000277. The second kappa shape index (κ2) is 10.2. The fourth-order valence-corrected chi connectivity index (χ4v) is 2.37. The highest BCUT2D eigenvalue weighted by molar-refractivity contribution is 6.41. The quantitative estimate of drug-likeness (QED) is 0.284. The number of nitrogens with two attached hydrogens (primary N) is 2. The van der Waals surface area contributed by atoms with E-state index in [4.69, 9.17) is 44.6 Å². The maximum atomic E-state index is 10.7. The summed E-state index contributed by atoms with van der Waals surface area (Å²) in [7, 11) is 0. The Labute approximate surface area is 145 Å². The number of carboxylic acids is 1. The molecule has 0 spiro atoms. The molecule has 0 saturated heterocycles. The lowest BCUT2D eigenvalue weighted by Crippen LogP contribution is -2.32. The molecule has 1 aromatic rings. The van der Waals surface area contributed by atoms with Crippen molar-refractivity contribution in [2.75, 3.05) is 0 Å². The highest BCUT2D eigenvalue weighted by Crippen LogP contribution is 2.22. The average Bonchev–Trinajstić information content (AvgIpc) is 2.52. The first-order valence-corrected chi connectivity index (χ1v) is 7.97. The number of benzene rings is 1. The lowest BCUT2D eigenvalue weighted by molar-refractivity contribution is -0.133. The van der Waals surface area contributed by atoms with Gasteiger partial charge in [0, 0.05) is 0 Å². The first-order chi connectivity index (χ1) is 11.0. The Bertz CT molecular complexity index is 526. The number of rotatable bonds is 4. The van der Waals surface area contributed by atoms with E-state index >= 15 is 0 Å². The van der Waals surface area contributed by atoms with Gasteiger partial charge in [0.15, 0.2) is 5.70 Å². The van der Waals surface area contributed by atoms with Crippen LogP contribution in [0.15, 0.2) is 35.8 Å². The van der Waals surface area contributed by atoms with Crippen LogP contribution in [0.4, 0.5) is 0 Å². The minimum Gasteiger partial charge on any atom is -0.476 e. The first-order valence-electron chi connectivity index (χ1n) is 7.22. The molecule has 128 valence electrons. The molecule has 8 heteroatoms. The fraction of sp³-hybridized carbons (Fsp3) is 0.400. The Kier molecular flexibility index (Phi) is 8.61. The van der Waals surface area contributed by atoms with E-state index in [1.54, 1.807) is 12.1 Å². The lowest BCUT2D eigenvalue weighted by Gasteiger charge is -2.23. The third-order valence-corrected chi connectivity index (χ3v) is 4.03. The van der Waals surface area contributed by atoms with Gasteiger partial charge in [-0.15, -0.1) is 0 Å². The van der Waals surface area contributed by atoms with Gasteiger partial charge in [-0.2, -0.15) is 0 Å². The van der Waals surface area contributed by atoms with Crippen LogP contribution in [-0.2, 0) is 9.53 Å². The van der Waals surface area contributed by atoms with Crippen molar-refractivity contribution >= 4 is 29.2 Å². The molecule has 0 radical (unpaired) electrons. The standard InChI is InChI=1S/C9H17N3O3.C6H4Cl2/c10-8(7(12-11)9(13)14)15-6-4-2-1-3-5-6;7-5-3-1-2-4-6(5)8/h6,12H,1-5,10-11H2,(H,13,14);1-4H/b8-7+;. The zero-order valence-corrected chi connectivity index (χ0v) is 14.1. The molecule has 1 aliphatic carbocycles. The minimum atomic E-state index is -1.22. The predicted octanol–water partition coefficient (Wildman–Crippen LogP) is 3.00. The van der Waals surface area contributed by atoms with E-state index in [1.807, 2.05) is 17.6 Å². The molecule has 2 rings (SSSR count). The van der Waals surface area contributed by atoms with Crippen molar-refractivity contribution in [3.63, 3.8) is 0 Å². The van der Waals surface area contributed by atoms with Crippen molar-refractivity contribution in [2.24, 2.45) is 11.6 Å². The Morgan fingerprint density at radius 3 is 2.09 bits per heavy atom. The van der Waals surface area contributed by atoms with E-state index in [0.29, 0.717) is 10.0 Å². The van der Waals surface area contributed by atoms with Crippen LogP contribution in [0.2, 0.25) is 10.0 Å². The number of hydrogen-bond donors (Lipinski definition) is 4. The SMILES string of the molecule is Clc1ccccc1Cl.NN/C(C(=O)O)=C(\N)OC1CCCCC1. The molecule has 0 atom stereocenters. The van der Waals surface area contributed by atoms with Crippen LogP contribution in [0.5, 0.6) is 0 Å². The number of hydrazine groups is 1. The number of hydrogen-bond acceptors (Lipinski definition) is 5. The largest absolute Gasteiger partial charge is 0.476 e. The molecular weight excluding hydrogens is 341 g/mol. The van der Waals surface area contributed by atoms with Crippen molar-refractivity contribution < 1.29 is 14.6 Å². The molecule has 0 bridgehead atoms. The van der Waals surface area contributed by atoms with Gasteiger partial charge in [0.2, 0.25) is 5.88 Å². The second-order valence-electron chi connectivity index (χ2n) is 4.98. The smallest absolute Gasteiger partial charge is 0.358 e. The van der Waals surface area contributed by atoms with Gasteiger partial charge in [0.1, 0.15) is 6.10 Å². The summed E-state index contributed by atoms with van der Waals surface area (Å²) < 4.78 is 5.34. The highest BCUT2D eigenvalue weighted by atomic mass is 35.5. The summed E-state index contributed by atoms with van der Waals surface area (Å²) in [5.74, 6) is 3.67. The van der Waals surface area contributed by atoms with Crippen LogP contribution in [0, 0.1) is 0 Å². The van der Waals surface area contributed by atoms with Gasteiger partial charge in [-0.05, 0) is 37.8 Å². The van der Waals surface area contributed by atoms with Gasteiger partial charge in [0.25, 0.3) is 0 Å². The summed E-state index contributed by atoms with van der Waals surface area (Å²) in [6.07, 6.45) is 5.23. The number of carbonyl (C=O) groups is 1. The number of nitrogens with one attached hydrogen (secondary N) is 1. The average molecular weight is 362 g/mol. The maximum absolute atomic E-state index is 10.7. The van der Waals surface area contributed by atoms with Crippen LogP contribution in [0.25, 0.3) is 0 Å². The minimum absolute atomic E-state index is 0.0152. The predicted molar refractivity (Wildman–Crippen MR) is 90.6 cm³/mol. The summed E-state index contributed by atoms with van der Waals surface area (Å²) in [4.78, 5) is 10.7. The molecule has 1 saturated carbocycles. The Morgan fingerprint density at radius 1 is 1.17 bits per heavy atom. The normalized spacial score (nSPS) is 15.8. The Hall–Kier alpha value is -1.63. The topological polar surface area (TPSA) is 111 Å². The third-order valence-electron chi connectivity index (χ3n) is 3.27. The number of carboxylic acid groups (broad SMARTS) is 1. The van der Waals surface area contributed by atoms with E-state index in [0.717, 1.165) is 25.7 Å². The first kappa shape index (κ1) is 19.4. The number of halogens is 2. The molecule has 6 N–H and O–H groups in total. The summed E-state index contributed by atoms with van der Waals surface area (Å²) in [6, 6.07) is 7.19. The number of aliphatic carboxylic acids is 1. The zero-order valence-electron chi connectivity index (χ0n) is 12.6. The molecule has 1 fully saturated rings. The van der Waals surface area contributed by atoms with E-state index in [9.17, 15) is 4.79 Å². The summed E-state index contributed by atoms with van der Waals surface area (Å²) in [6.45, 7) is 0. The molecule has 6 nitrogen and oxygen atoms in total. The van der Waals surface area contributed by atoms with Gasteiger partial charge < -0.3 is 21.0 Å². The fourth-order valence-electron chi connectivity index (χ4n) is 2.10. The van der Waals surface area contributed by atoms with Crippen molar-refractivity contribution in [3.8, 4) is 0 Å². The zero-order chi connectivity index (χ0) is 17.2. The molecule has 0 aliphatic heterocycles. The van der Waals surface area contributed by atoms with E-state index in [-0.39, 0.29) is 17.7 Å². The van der Waals surface area contributed by atoms with Crippen molar-refractivity contribution in [1.82, 2.24) is 5.43 Å². The van der Waals surface area contributed by atoms with Crippen LogP contribution >= 0.6 is 23.2 Å². The highest BCUT2D eigenvalue weighted by Gasteiger charge is 2.19. The molecule has 0 amide bonds. The summed E-state index contributed by atoms with van der Waals surface area (Å²) >= 11 is 11.2. The van der Waals surface area contributed by atoms with Crippen molar-refractivity contribution in [1.29, 1.82) is 0 Å². The lowest BCUT2D eigenvalue weighted by atomic mass is 9.98. The maximum Gasteiger partial charge on any atom is 0.358 e. The van der Waals surface area contributed by atoms with E-state index in [1.165, 1.54) is 6.42 Å². The van der Waals surface area contributed by atoms with Crippen molar-refractivity contribution in [3.05, 3.63) is 45.9 Å². The summed E-state index contributed by atoms with van der Waals surface area (Å²) in [5, 5.41) is 9.92. The molecule has 0 aromatic heterocycles. The van der Waals surface area contributed by atoms with Gasteiger partial charge in [-0.3, -0.25) is 5.84 Å². The van der Waals surface area contributed by atoms with E-state index < -0.39 is 5.97 Å². The molecular formula is C15H21Cl2N3O3. The molecule has 0 unspecified atom stereocenters. The van der Waals surface area contributed by atoms with Crippen LogP contribution < -0.4 is 17.0 Å². The van der Waals surface area contributed by atoms with E-state index in [2.05, 4.69) is 0 Å². The molecule has 1 aromatic carbocycles. The van der Waals surface area contributed by atoms with Crippen molar-refractivity contribution in [2.45, 2.75) is 38.2 Å². The van der Waals surface area contributed by atoms with Gasteiger partial charge in [-0.25, -0.2) is 4.79 Å². The van der Waals surface area contributed by atoms with Crippen LogP contribution in [0.1, 0.15) is 32.1 Å². The van der Waals surface area contributed by atoms with Crippen LogP contribution in [0.3, 0.4) is 0 Å². The van der Waals surface area contributed by atoms with Gasteiger partial charge in [0.05, 0.1) is 10.0 Å². The third kappa shape index (κ3) is 6.99. The van der Waals surface area contributed by atoms with Crippen LogP contribution in [-0.4, -0.2) is 17.2 Å². The Morgan fingerprint density at radius 2 is 1.70 bits per heavy atom. The summed E-state index contributed by atoms with van der Waals surface area (Å²) in [5.41, 5.74) is 7.22. The molecule has 23 heavy (non-hydrogen) atoms. The number of ether oxygens (including phenoxy) is 1. The molecule has 1 aliphatic rings. The van der Waals surface area contributed by atoms with Gasteiger partial charge in [-0.1, -0.05) is 41.8 Å². The monoisotopic (exact) mass is 361 g/mol. The molecule has 0 heterocycles. The second-order valence-corrected chi connectivity index (χ2v) is 5.80. The van der Waals surface area contributed by atoms with Gasteiger partial charge >= 0.3 is 5.97 Å².